The van der Waals surface area contributed by atoms with Crippen LogP contribution in [0.5, 0.6) is 0 Å². The quantitative estimate of drug-likeness (QED) is 0.792. The first-order chi connectivity index (χ1) is 11.3. The molecule has 0 N–H and O–H groups in total. The first-order valence-electron chi connectivity index (χ1n) is 8.21. The Morgan fingerprint density at radius 3 is 2.78 bits per heavy atom. The summed E-state index contributed by atoms with van der Waals surface area (Å²) < 4.78 is 5.09. The van der Waals surface area contributed by atoms with Crippen LogP contribution >= 0.6 is 0 Å². The molecule has 116 valence electrons. The summed E-state index contributed by atoms with van der Waals surface area (Å²) in [6, 6.07) is 14.2. The van der Waals surface area contributed by atoms with Crippen molar-refractivity contribution in [1.29, 1.82) is 0 Å². The van der Waals surface area contributed by atoms with Gasteiger partial charge in [-0.15, -0.1) is 0 Å². The third kappa shape index (κ3) is 2.67. The molecule has 0 bridgehead atoms. The number of nitrogens with zero attached hydrogens (tertiary/aromatic N) is 1. The van der Waals surface area contributed by atoms with Gasteiger partial charge in [-0.25, -0.2) is 4.79 Å². The van der Waals surface area contributed by atoms with Crippen molar-refractivity contribution >= 4 is 11.7 Å². The zero-order valence-electron chi connectivity index (χ0n) is 13.2. The molecule has 0 saturated heterocycles. The lowest BCUT2D eigenvalue weighted by atomic mass is 9.96. The number of rotatable bonds is 4. The van der Waals surface area contributed by atoms with Gasteiger partial charge in [-0.3, -0.25) is 4.99 Å². The topological polar surface area (TPSA) is 38.7 Å². The summed E-state index contributed by atoms with van der Waals surface area (Å²) in [5.41, 5.74) is 6.67. The Hall–Kier alpha value is -2.42. The molecule has 1 aliphatic carbocycles. The lowest BCUT2D eigenvalue weighted by molar-refractivity contribution is 0.0526. The molecule has 2 aromatic rings. The molecule has 3 nitrogen and oxygen atoms in total. The van der Waals surface area contributed by atoms with Crippen LogP contribution in [0.1, 0.15) is 41.3 Å². The molecule has 0 aromatic heterocycles. The maximum Gasteiger partial charge on any atom is 0.338 e. The first kappa shape index (κ1) is 14.2. The van der Waals surface area contributed by atoms with Crippen molar-refractivity contribution in [2.45, 2.75) is 26.3 Å². The maximum atomic E-state index is 11.9. The minimum Gasteiger partial charge on any atom is -0.462 e. The molecule has 0 atom stereocenters. The Morgan fingerprint density at radius 1 is 1.17 bits per heavy atom. The van der Waals surface area contributed by atoms with Crippen LogP contribution in [0, 0.1) is 5.92 Å². The fourth-order valence-corrected chi connectivity index (χ4v) is 3.13. The number of carbonyl (C=O) groups excluding carboxylic acids is 1. The third-order valence-electron chi connectivity index (χ3n) is 4.48. The highest BCUT2D eigenvalue weighted by molar-refractivity contribution is 6.07. The van der Waals surface area contributed by atoms with E-state index >= 15 is 0 Å². The van der Waals surface area contributed by atoms with Gasteiger partial charge in [0, 0.05) is 17.2 Å². The molecule has 1 heterocycles. The maximum absolute atomic E-state index is 11.9. The van der Waals surface area contributed by atoms with E-state index in [0.717, 1.165) is 17.7 Å². The van der Waals surface area contributed by atoms with Gasteiger partial charge in [-0.1, -0.05) is 24.3 Å². The Balaban J connectivity index is 1.69. The summed E-state index contributed by atoms with van der Waals surface area (Å²) in [5.74, 6) is 0.396. The van der Waals surface area contributed by atoms with Gasteiger partial charge in [0.15, 0.2) is 0 Å². The van der Waals surface area contributed by atoms with E-state index in [1.807, 2.05) is 25.1 Å². The van der Waals surface area contributed by atoms with Crippen molar-refractivity contribution < 1.29 is 9.53 Å². The number of esters is 1. The summed E-state index contributed by atoms with van der Waals surface area (Å²) in [6.45, 7) is 3.02. The van der Waals surface area contributed by atoms with E-state index in [9.17, 15) is 4.79 Å². The predicted molar refractivity (Wildman–Crippen MR) is 90.8 cm³/mol. The molecule has 0 amide bonds. The van der Waals surface area contributed by atoms with Gasteiger partial charge in [0.2, 0.25) is 0 Å². The molecular formula is C20H19NO2. The van der Waals surface area contributed by atoms with Gasteiger partial charge in [-0.2, -0.15) is 0 Å². The molecule has 2 aliphatic rings. The smallest absolute Gasteiger partial charge is 0.338 e. The monoisotopic (exact) mass is 305 g/mol. The number of ether oxygens (including phenoxy) is 1. The molecule has 0 radical (unpaired) electrons. The lowest BCUT2D eigenvalue weighted by Crippen LogP contribution is -2.04. The van der Waals surface area contributed by atoms with Crippen molar-refractivity contribution in [2.24, 2.45) is 10.9 Å². The zero-order chi connectivity index (χ0) is 15.8. The normalized spacial score (nSPS) is 16.0. The highest BCUT2D eigenvalue weighted by Gasteiger charge is 2.32. The molecule has 23 heavy (non-hydrogen) atoms. The predicted octanol–water partition coefficient (Wildman–Crippen LogP) is 4.24. The van der Waals surface area contributed by atoms with Crippen molar-refractivity contribution in [2.75, 3.05) is 6.61 Å². The van der Waals surface area contributed by atoms with Crippen molar-refractivity contribution in [1.82, 2.24) is 0 Å². The highest BCUT2D eigenvalue weighted by Crippen LogP contribution is 2.38. The Bertz CT molecular complexity index is 803. The van der Waals surface area contributed by atoms with Gasteiger partial charge < -0.3 is 4.74 Å². The molecule has 0 unspecified atom stereocenters. The second kappa shape index (κ2) is 5.65. The average Bonchev–Trinajstić information content (AvgIpc) is 3.34. The van der Waals surface area contributed by atoms with Crippen LogP contribution in [-0.4, -0.2) is 18.3 Å². The standard InChI is InChI=1S/C20H19NO2/c1-2-23-20(22)16-5-3-4-14(10-16)15-8-9-17-12-21-19(13-6-7-13)18(17)11-15/h3-5,8-11,13H,2,6-7,12H2,1H3. The molecule has 1 fully saturated rings. The minimum atomic E-state index is -0.268. The van der Waals surface area contributed by atoms with Gasteiger partial charge >= 0.3 is 5.97 Å². The number of hydrogen-bond donors (Lipinski definition) is 0. The van der Waals surface area contributed by atoms with Crippen LogP contribution in [0.25, 0.3) is 11.1 Å². The largest absolute Gasteiger partial charge is 0.462 e. The van der Waals surface area contributed by atoms with Crippen molar-refractivity contribution in [3.8, 4) is 11.1 Å². The van der Waals surface area contributed by atoms with Gasteiger partial charge in [0.1, 0.15) is 0 Å². The molecule has 1 aliphatic heterocycles. The average molecular weight is 305 g/mol. The summed E-state index contributed by atoms with van der Waals surface area (Å²) >= 11 is 0. The van der Waals surface area contributed by atoms with Crippen LogP contribution in [0.4, 0.5) is 0 Å². The van der Waals surface area contributed by atoms with Crippen LogP contribution < -0.4 is 0 Å². The summed E-state index contributed by atoms with van der Waals surface area (Å²) in [5, 5.41) is 0. The molecular weight excluding hydrogens is 286 g/mol. The fourth-order valence-electron chi connectivity index (χ4n) is 3.13. The Kier molecular flexibility index (Phi) is 3.49. The van der Waals surface area contributed by atoms with Crippen LogP contribution in [-0.2, 0) is 11.3 Å². The first-order valence-corrected chi connectivity index (χ1v) is 8.21. The Morgan fingerprint density at radius 2 is 2.00 bits per heavy atom. The summed E-state index contributed by atoms with van der Waals surface area (Å²) in [4.78, 5) is 16.6. The number of carbonyl (C=O) groups is 1. The van der Waals surface area contributed by atoms with E-state index in [2.05, 4.69) is 18.2 Å². The van der Waals surface area contributed by atoms with E-state index in [0.29, 0.717) is 18.1 Å². The van der Waals surface area contributed by atoms with Gasteiger partial charge in [0.25, 0.3) is 0 Å². The molecule has 1 saturated carbocycles. The second-order valence-electron chi connectivity index (χ2n) is 6.15. The van der Waals surface area contributed by atoms with Crippen LogP contribution in [0.15, 0.2) is 47.5 Å². The van der Waals surface area contributed by atoms with E-state index < -0.39 is 0 Å². The zero-order valence-corrected chi connectivity index (χ0v) is 13.2. The van der Waals surface area contributed by atoms with Crippen molar-refractivity contribution in [3.63, 3.8) is 0 Å². The Labute approximate surface area is 136 Å². The van der Waals surface area contributed by atoms with Crippen molar-refractivity contribution in [3.05, 3.63) is 59.2 Å². The van der Waals surface area contributed by atoms with Crippen LogP contribution in [0.3, 0.4) is 0 Å². The van der Waals surface area contributed by atoms with E-state index in [-0.39, 0.29) is 5.97 Å². The molecule has 3 heteroatoms. The number of hydrogen-bond acceptors (Lipinski definition) is 3. The highest BCUT2D eigenvalue weighted by atomic mass is 16.5. The van der Waals surface area contributed by atoms with Gasteiger partial charge in [0.05, 0.1) is 18.7 Å². The fraction of sp³-hybridized carbons (Fsp3) is 0.300. The summed E-state index contributed by atoms with van der Waals surface area (Å²) in [7, 11) is 0. The number of fused-ring (bicyclic) bond motifs is 1. The minimum absolute atomic E-state index is 0.268. The molecule has 0 spiro atoms. The molecule has 2 aromatic carbocycles. The van der Waals surface area contributed by atoms with E-state index in [1.165, 1.54) is 29.7 Å². The second-order valence-corrected chi connectivity index (χ2v) is 6.15. The van der Waals surface area contributed by atoms with E-state index in [1.54, 1.807) is 6.07 Å². The SMILES string of the molecule is CCOC(=O)c1cccc(-c2ccc3c(c2)C(C2CC2)=NC3)c1. The number of benzene rings is 2. The van der Waals surface area contributed by atoms with Gasteiger partial charge in [-0.05, 0) is 54.7 Å². The van der Waals surface area contributed by atoms with E-state index in [4.69, 9.17) is 9.73 Å². The third-order valence-corrected chi connectivity index (χ3v) is 4.48. The molecule has 4 rings (SSSR count). The lowest BCUT2D eigenvalue weighted by Gasteiger charge is -2.08. The van der Waals surface area contributed by atoms with Crippen LogP contribution in [0.2, 0.25) is 0 Å². The summed E-state index contributed by atoms with van der Waals surface area (Å²) in [6.07, 6.45) is 2.53. The number of aliphatic imine (C=N–C) groups is 1.